The van der Waals surface area contributed by atoms with Gasteiger partial charge in [-0.2, -0.15) is 22.0 Å². The molecule has 1 rings (SSSR count). The number of nitrogens with zero attached hydrogens (tertiary/aromatic N) is 1. The zero-order valence-electron chi connectivity index (χ0n) is 7.55. The number of hydrazine groups is 1. The SMILES string of the molecule is Cl.NNc1cccc(C(F)(F)C(F)(F)F)n1. The van der Waals surface area contributed by atoms with E-state index in [1.165, 1.54) is 0 Å². The van der Waals surface area contributed by atoms with Gasteiger partial charge in [0, 0.05) is 0 Å². The van der Waals surface area contributed by atoms with Crippen LogP contribution in [0.4, 0.5) is 27.8 Å². The maximum atomic E-state index is 12.7. The first-order valence-corrected chi connectivity index (χ1v) is 3.67. The Morgan fingerprint density at radius 1 is 1.12 bits per heavy atom. The predicted molar refractivity (Wildman–Crippen MR) is 49.2 cm³/mol. The van der Waals surface area contributed by atoms with Gasteiger partial charge >= 0.3 is 12.1 Å². The molecule has 0 unspecified atom stereocenters. The van der Waals surface area contributed by atoms with Crippen LogP contribution >= 0.6 is 12.4 Å². The average Bonchev–Trinajstić information content (AvgIpc) is 2.16. The van der Waals surface area contributed by atoms with Crippen molar-refractivity contribution in [3.8, 4) is 0 Å². The number of nitrogens with two attached hydrogens (primary N) is 1. The minimum atomic E-state index is -5.67. The molecule has 0 saturated heterocycles. The van der Waals surface area contributed by atoms with Crippen LogP contribution in [-0.2, 0) is 5.92 Å². The van der Waals surface area contributed by atoms with Crippen molar-refractivity contribution in [3.63, 3.8) is 0 Å². The van der Waals surface area contributed by atoms with Crippen molar-refractivity contribution in [1.82, 2.24) is 4.98 Å². The number of hydrogen-bond donors (Lipinski definition) is 2. The molecule has 0 spiro atoms. The second kappa shape index (κ2) is 4.79. The van der Waals surface area contributed by atoms with Gasteiger partial charge in [0.2, 0.25) is 0 Å². The Hall–Kier alpha value is -1.15. The fraction of sp³-hybridized carbons (Fsp3) is 0.286. The summed E-state index contributed by atoms with van der Waals surface area (Å²) in [5.41, 5.74) is 0.481. The molecule has 0 aromatic carbocycles. The number of nitrogens with one attached hydrogen (secondary N) is 1. The smallest absolute Gasteiger partial charge is 0.308 e. The molecule has 0 saturated carbocycles. The number of anilines is 1. The van der Waals surface area contributed by atoms with Crippen LogP contribution in [0.3, 0.4) is 0 Å². The van der Waals surface area contributed by atoms with Gasteiger partial charge in [-0.05, 0) is 12.1 Å². The fourth-order valence-electron chi connectivity index (χ4n) is 0.835. The highest BCUT2D eigenvalue weighted by molar-refractivity contribution is 5.85. The molecular formula is C7H7ClF5N3. The van der Waals surface area contributed by atoms with E-state index in [0.717, 1.165) is 12.1 Å². The van der Waals surface area contributed by atoms with E-state index in [4.69, 9.17) is 5.84 Å². The van der Waals surface area contributed by atoms with Crippen molar-refractivity contribution < 1.29 is 22.0 Å². The van der Waals surface area contributed by atoms with E-state index in [1.54, 1.807) is 0 Å². The first-order valence-electron chi connectivity index (χ1n) is 3.67. The zero-order chi connectivity index (χ0) is 11.7. The van der Waals surface area contributed by atoms with Crippen molar-refractivity contribution in [3.05, 3.63) is 23.9 Å². The fourth-order valence-corrected chi connectivity index (χ4v) is 0.835. The summed E-state index contributed by atoms with van der Waals surface area (Å²) in [6, 6.07) is 2.74. The third kappa shape index (κ3) is 2.70. The highest BCUT2D eigenvalue weighted by Gasteiger charge is 2.59. The lowest BCUT2D eigenvalue weighted by molar-refractivity contribution is -0.290. The van der Waals surface area contributed by atoms with E-state index in [1.807, 2.05) is 5.43 Å². The lowest BCUT2D eigenvalue weighted by atomic mass is 10.2. The minimum absolute atomic E-state index is 0. The van der Waals surface area contributed by atoms with Gasteiger partial charge in [-0.1, -0.05) is 6.07 Å². The minimum Gasteiger partial charge on any atom is -0.308 e. The summed E-state index contributed by atoms with van der Waals surface area (Å²) in [7, 11) is 0. The zero-order valence-corrected chi connectivity index (χ0v) is 8.37. The van der Waals surface area contributed by atoms with E-state index in [9.17, 15) is 22.0 Å². The molecule has 0 amide bonds. The number of rotatable bonds is 2. The molecule has 3 nitrogen and oxygen atoms in total. The van der Waals surface area contributed by atoms with Gasteiger partial charge in [0.15, 0.2) is 0 Å². The monoisotopic (exact) mass is 263 g/mol. The van der Waals surface area contributed by atoms with E-state index < -0.39 is 17.8 Å². The van der Waals surface area contributed by atoms with Crippen LogP contribution < -0.4 is 11.3 Å². The number of aromatic nitrogens is 1. The molecule has 1 aromatic heterocycles. The van der Waals surface area contributed by atoms with Crippen molar-refractivity contribution in [1.29, 1.82) is 0 Å². The molecule has 0 aliphatic carbocycles. The number of pyridine rings is 1. The van der Waals surface area contributed by atoms with E-state index >= 15 is 0 Å². The average molecular weight is 264 g/mol. The van der Waals surface area contributed by atoms with Crippen molar-refractivity contribution in [2.45, 2.75) is 12.1 Å². The second-order valence-electron chi connectivity index (χ2n) is 2.62. The Kier molecular flexibility index (Phi) is 4.45. The summed E-state index contributed by atoms with van der Waals surface area (Å²) in [6.07, 6.45) is -5.67. The van der Waals surface area contributed by atoms with Crippen LogP contribution in [0.1, 0.15) is 5.69 Å². The topological polar surface area (TPSA) is 50.9 Å². The molecule has 16 heavy (non-hydrogen) atoms. The summed E-state index contributed by atoms with van der Waals surface area (Å²) in [4.78, 5) is 3.02. The quantitative estimate of drug-likeness (QED) is 0.489. The largest absolute Gasteiger partial charge is 0.459 e. The lowest BCUT2D eigenvalue weighted by Gasteiger charge is -2.19. The predicted octanol–water partition coefficient (Wildman–Crippen LogP) is 2.44. The highest BCUT2D eigenvalue weighted by atomic mass is 35.5. The van der Waals surface area contributed by atoms with Gasteiger partial charge in [0.25, 0.3) is 0 Å². The molecule has 92 valence electrons. The van der Waals surface area contributed by atoms with Crippen LogP contribution in [0, 0.1) is 0 Å². The third-order valence-corrected chi connectivity index (χ3v) is 1.57. The van der Waals surface area contributed by atoms with Gasteiger partial charge in [-0.25, -0.2) is 10.8 Å². The van der Waals surface area contributed by atoms with Crippen molar-refractivity contribution in [2.75, 3.05) is 5.43 Å². The van der Waals surface area contributed by atoms with Crippen LogP contribution in [0.2, 0.25) is 0 Å². The molecule has 0 atom stereocenters. The van der Waals surface area contributed by atoms with E-state index in [0.29, 0.717) is 6.07 Å². The molecule has 3 N–H and O–H groups in total. The highest BCUT2D eigenvalue weighted by Crippen LogP contribution is 2.43. The van der Waals surface area contributed by atoms with Crippen molar-refractivity contribution in [2.24, 2.45) is 5.84 Å². The summed E-state index contributed by atoms with van der Waals surface area (Å²) in [5.74, 6) is -0.421. The number of hydrogen-bond acceptors (Lipinski definition) is 3. The molecule has 1 aromatic rings. The Morgan fingerprint density at radius 3 is 2.12 bits per heavy atom. The first kappa shape index (κ1) is 14.8. The molecule has 0 radical (unpaired) electrons. The van der Waals surface area contributed by atoms with Crippen LogP contribution in [0.25, 0.3) is 0 Å². The Bertz CT molecular complexity index is 354. The van der Waals surface area contributed by atoms with Crippen LogP contribution in [-0.4, -0.2) is 11.2 Å². The molecule has 0 aliphatic rings. The van der Waals surface area contributed by atoms with E-state index in [-0.39, 0.29) is 18.2 Å². The molecule has 0 aliphatic heterocycles. The molecular weight excluding hydrogens is 257 g/mol. The lowest BCUT2D eigenvalue weighted by Crippen LogP contribution is -2.34. The summed E-state index contributed by atoms with van der Waals surface area (Å²) < 4.78 is 61.2. The number of nitrogen functional groups attached to an aromatic ring is 1. The van der Waals surface area contributed by atoms with Crippen molar-refractivity contribution >= 4 is 18.2 Å². The summed E-state index contributed by atoms with van der Waals surface area (Å²) in [5, 5.41) is 0. The van der Waals surface area contributed by atoms with Gasteiger partial charge < -0.3 is 5.43 Å². The van der Waals surface area contributed by atoms with Crippen LogP contribution in [0.5, 0.6) is 0 Å². The molecule has 1 heterocycles. The van der Waals surface area contributed by atoms with Crippen LogP contribution in [0.15, 0.2) is 18.2 Å². The standard InChI is InChI=1S/C7H6F5N3.ClH/c8-6(9,7(10,11)12)4-2-1-3-5(14-4)15-13;/h1-3H,13H2,(H,14,15);1H. The Balaban J connectivity index is 0.00000225. The van der Waals surface area contributed by atoms with E-state index in [2.05, 4.69) is 4.98 Å². The normalized spacial score (nSPS) is 11.9. The second-order valence-corrected chi connectivity index (χ2v) is 2.62. The maximum Gasteiger partial charge on any atom is 0.459 e. The van der Waals surface area contributed by atoms with Gasteiger partial charge in [0.05, 0.1) is 0 Å². The van der Waals surface area contributed by atoms with Gasteiger partial charge in [-0.15, -0.1) is 12.4 Å². The first-order chi connectivity index (χ1) is 6.79. The molecule has 0 bridgehead atoms. The summed E-state index contributed by atoms with van der Waals surface area (Å²) in [6.45, 7) is 0. The maximum absolute atomic E-state index is 12.7. The number of alkyl halides is 5. The van der Waals surface area contributed by atoms with Gasteiger partial charge in [0.1, 0.15) is 11.5 Å². The third-order valence-electron chi connectivity index (χ3n) is 1.57. The summed E-state index contributed by atoms with van der Waals surface area (Å²) >= 11 is 0. The molecule has 0 fully saturated rings. The van der Waals surface area contributed by atoms with Gasteiger partial charge in [-0.3, -0.25) is 0 Å². The Morgan fingerprint density at radius 2 is 1.69 bits per heavy atom. The Labute approximate surface area is 93.2 Å². The number of halogens is 6. The molecule has 9 heteroatoms.